The lowest BCUT2D eigenvalue weighted by molar-refractivity contribution is 0.420. The minimum Gasteiger partial charge on any atom is -0.457 e. The van der Waals surface area contributed by atoms with Gasteiger partial charge in [-0.2, -0.15) is 0 Å². The summed E-state index contributed by atoms with van der Waals surface area (Å²) in [5.41, 5.74) is 7.89. The SMILES string of the molecule is C=C1CC2(/C(=C/C=C\C)C1=C)c1ccc(C)cc1Oc1cc(C)ccc12. The van der Waals surface area contributed by atoms with Crippen LogP contribution in [0.3, 0.4) is 0 Å². The minimum atomic E-state index is -0.280. The Morgan fingerprint density at radius 3 is 2.08 bits per heavy atom. The third kappa shape index (κ3) is 2.24. The Labute approximate surface area is 156 Å². The smallest absolute Gasteiger partial charge is 0.132 e. The number of rotatable bonds is 1. The lowest BCUT2D eigenvalue weighted by Crippen LogP contribution is -2.30. The van der Waals surface area contributed by atoms with Crippen LogP contribution in [0.25, 0.3) is 0 Å². The predicted molar refractivity (Wildman–Crippen MR) is 109 cm³/mol. The Balaban J connectivity index is 2.10. The second-order valence-corrected chi connectivity index (χ2v) is 7.37. The fourth-order valence-corrected chi connectivity index (χ4v) is 4.28. The molecule has 0 unspecified atom stereocenters. The van der Waals surface area contributed by atoms with Gasteiger partial charge in [0.1, 0.15) is 11.5 Å². The van der Waals surface area contributed by atoms with Crippen LogP contribution in [0.5, 0.6) is 11.5 Å². The highest BCUT2D eigenvalue weighted by Crippen LogP contribution is 2.60. The van der Waals surface area contributed by atoms with Crippen molar-refractivity contribution in [3.8, 4) is 11.5 Å². The van der Waals surface area contributed by atoms with Gasteiger partial charge in [-0.1, -0.05) is 55.7 Å². The zero-order chi connectivity index (χ0) is 18.5. The van der Waals surface area contributed by atoms with Crippen molar-refractivity contribution < 1.29 is 4.74 Å². The van der Waals surface area contributed by atoms with E-state index in [9.17, 15) is 0 Å². The van der Waals surface area contributed by atoms with Gasteiger partial charge in [0.15, 0.2) is 0 Å². The number of aryl methyl sites for hydroxylation is 2. The third-order valence-electron chi connectivity index (χ3n) is 5.56. The van der Waals surface area contributed by atoms with Crippen molar-refractivity contribution in [3.05, 3.63) is 107 Å². The van der Waals surface area contributed by atoms with E-state index < -0.39 is 0 Å². The van der Waals surface area contributed by atoms with E-state index in [0.717, 1.165) is 29.1 Å². The van der Waals surface area contributed by atoms with E-state index in [1.807, 2.05) is 6.92 Å². The molecule has 130 valence electrons. The lowest BCUT2D eigenvalue weighted by atomic mass is 9.68. The second kappa shape index (κ2) is 5.88. The standard InChI is InChI=1S/C25H24O/c1-6-7-8-20-19(5)18(4)15-25(20)21-11-9-16(2)13-23(21)26-24-14-17(3)10-12-22(24)25/h6-14H,4-5,15H2,1-3H3/b7-6-,20-8+. The molecule has 0 aromatic heterocycles. The van der Waals surface area contributed by atoms with E-state index in [4.69, 9.17) is 4.74 Å². The summed E-state index contributed by atoms with van der Waals surface area (Å²) in [5.74, 6) is 1.88. The van der Waals surface area contributed by atoms with Gasteiger partial charge in [-0.15, -0.1) is 0 Å². The molecule has 26 heavy (non-hydrogen) atoms. The predicted octanol–water partition coefficient (Wildman–Crippen LogP) is 6.71. The molecule has 2 aliphatic rings. The van der Waals surface area contributed by atoms with Gasteiger partial charge in [-0.05, 0) is 67.2 Å². The van der Waals surface area contributed by atoms with Crippen LogP contribution in [0.4, 0.5) is 0 Å². The van der Waals surface area contributed by atoms with Crippen LogP contribution >= 0.6 is 0 Å². The zero-order valence-corrected chi connectivity index (χ0v) is 15.7. The van der Waals surface area contributed by atoms with Gasteiger partial charge in [0.25, 0.3) is 0 Å². The molecule has 4 rings (SSSR count). The Morgan fingerprint density at radius 1 is 0.962 bits per heavy atom. The number of hydrogen-bond donors (Lipinski definition) is 0. The van der Waals surface area contributed by atoms with E-state index in [1.54, 1.807) is 0 Å². The molecule has 1 heterocycles. The first-order valence-corrected chi connectivity index (χ1v) is 9.08. The number of fused-ring (bicyclic) bond motifs is 4. The molecular weight excluding hydrogens is 316 g/mol. The van der Waals surface area contributed by atoms with E-state index >= 15 is 0 Å². The average Bonchev–Trinajstić information content (AvgIpc) is 2.84. The van der Waals surface area contributed by atoms with Gasteiger partial charge in [0.2, 0.25) is 0 Å². The number of allylic oxidation sites excluding steroid dienone is 6. The summed E-state index contributed by atoms with van der Waals surface area (Å²) in [5, 5.41) is 0. The van der Waals surface area contributed by atoms with Gasteiger partial charge in [-0.3, -0.25) is 0 Å². The lowest BCUT2D eigenvalue weighted by Gasteiger charge is -2.38. The summed E-state index contributed by atoms with van der Waals surface area (Å²) >= 11 is 0. The van der Waals surface area contributed by atoms with Gasteiger partial charge in [0, 0.05) is 11.1 Å². The molecule has 0 N–H and O–H groups in total. The molecule has 0 amide bonds. The van der Waals surface area contributed by atoms with Crippen LogP contribution in [0, 0.1) is 13.8 Å². The Kier molecular flexibility index (Phi) is 3.77. The van der Waals surface area contributed by atoms with Gasteiger partial charge >= 0.3 is 0 Å². The molecule has 1 spiro atoms. The molecule has 0 radical (unpaired) electrons. The van der Waals surface area contributed by atoms with E-state index in [0.29, 0.717) is 0 Å². The maximum absolute atomic E-state index is 6.34. The third-order valence-corrected chi connectivity index (χ3v) is 5.56. The molecule has 1 aliphatic heterocycles. The monoisotopic (exact) mass is 340 g/mol. The second-order valence-electron chi connectivity index (χ2n) is 7.37. The summed E-state index contributed by atoms with van der Waals surface area (Å²) in [6.45, 7) is 14.9. The molecule has 1 saturated carbocycles. The van der Waals surface area contributed by atoms with Crippen molar-refractivity contribution >= 4 is 0 Å². The first-order chi connectivity index (χ1) is 12.5. The van der Waals surface area contributed by atoms with Gasteiger partial charge < -0.3 is 4.74 Å². The van der Waals surface area contributed by atoms with E-state index in [-0.39, 0.29) is 5.41 Å². The fraction of sp³-hybridized carbons (Fsp3) is 0.200. The van der Waals surface area contributed by atoms with Crippen molar-refractivity contribution in [1.29, 1.82) is 0 Å². The quantitative estimate of drug-likeness (QED) is 0.560. The Morgan fingerprint density at radius 2 is 1.54 bits per heavy atom. The topological polar surface area (TPSA) is 9.23 Å². The van der Waals surface area contributed by atoms with Crippen molar-refractivity contribution in [2.75, 3.05) is 0 Å². The molecule has 0 saturated heterocycles. The number of ether oxygens (including phenoxy) is 1. The molecule has 0 bridgehead atoms. The van der Waals surface area contributed by atoms with Crippen LogP contribution in [0.1, 0.15) is 35.6 Å². The van der Waals surface area contributed by atoms with E-state index in [2.05, 4.69) is 81.6 Å². The number of hydrogen-bond acceptors (Lipinski definition) is 1. The molecule has 0 atom stereocenters. The average molecular weight is 340 g/mol. The zero-order valence-electron chi connectivity index (χ0n) is 15.7. The summed E-state index contributed by atoms with van der Waals surface area (Å²) in [4.78, 5) is 0. The molecule has 1 fully saturated rings. The molecule has 1 heteroatoms. The summed E-state index contributed by atoms with van der Waals surface area (Å²) in [6.07, 6.45) is 7.18. The highest BCUT2D eigenvalue weighted by molar-refractivity contribution is 5.73. The van der Waals surface area contributed by atoms with Crippen molar-refractivity contribution in [2.24, 2.45) is 0 Å². The molecule has 2 aromatic rings. The van der Waals surface area contributed by atoms with Crippen molar-refractivity contribution in [2.45, 2.75) is 32.6 Å². The first-order valence-electron chi connectivity index (χ1n) is 9.08. The maximum Gasteiger partial charge on any atom is 0.132 e. The molecule has 2 aromatic carbocycles. The summed E-state index contributed by atoms with van der Waals surface area (Å²) < 4.78 is 6.34. The summed E-state index contributed by atoms with van der Waals surface area (Å²) in [7, 11) is 0. The van der Waals surface area contributed by atoms with Crippen LogP contribution in [0.15, 0.2) is 84.5 Å². The van der Waals surface area contributed by atoms with Crippen LogP contribution in [-0.2, 0) is 5.41 Å². The largest absolute Gasteiger partial charge is 0.457 e. The maximum atomic E-state index is 6.34. The Bertz CT molecular complexity index is 949. The fourth-order valence-electron chi connectivity index (χ4n) is 4.28. The van der Waals surface area contributed by atoms with Crippen molar-refractivity contribution in [3.63, 3.8) is 0 Å². The van der Waals surface area contributed by atoms with Gasteiger partial charge in [-0.25, -0.2) is 0 Å². The van der Waals surface area contributed by atoms with E-state index in [1.165, 1.54) is 27.8 Å². The normalized spacial score (nSPS) is 19.1. The van der Waals surface area contributed by atoms with Crippen LogP contribution in [-0.4, -0.2) is 0 Å². The molecular formula is C25H24O. The number of benzene rings is 2. The molecule has 1 nitrogen and oxygen atoms in total. The molecule has 1 aliphatic carbocycles. The van der Waals surface area contributed by atoms with Crippen LogP contribution in [0.2, 0.25) is 0 Å². The van der Waals surface area contributed by atoms with Crippen LogP contribution < -0.4 is 4.74 Å². The summed E-state index contributed by atoms with van der Waals surface area (Å²) in [6, 6.07) is 13.0. The van der Waals surface area contributed by atoms with Crippen molar-refractivity contribution in [1.82, 2.24) is 0 Å². The minimum absolute atomic E-state index is 0.280. The Hall–Kier alpha value is -2.80. The first kappa shape index (κ1) is 16.7. The van der Waals surface area contributed by atoms with Gasteiger partial charge in [0.05, 0.1) is 5.41 Å². The highest BCUT2D eigenvalue weighted by atomic mass is 16.5. The highest BCUT2D eigenvalue weighted by Gasteiger charge is 2.50.